The van der Waals surface area contributed by atoms with E-state index in [0.717, 1.165) is 0 Å². The number of fused-ring (bicyclic) bond motifs is 1. The molecule has 2 rings (SSSR count). The molecule has 0 amide bonds. The van der Waals surface area contributed by atoms with E-state index in [9.17, 15) is 4.79 Å². The van der Waals surface area contributed by atoms with E-state index in [1.807, 2.05) is 26.1 Å². The average Bonchev–Trinajstić information content (AvgIpc) is 2.84. The van der Waals surface area contributed by atoms with E-state index in [1.54, 1.807) is 6.92 Å². The number of benzene rings is 1. The third-order valence-electron chi connectivity index (χ3n) is 2.27. The minimum Gasteiger partial charge on any atom is -0.465 e. The summed E-state index contributed by atoms with van der Waals surface area (Å²) in [6.07, 6.45) is 2.03. The molecule has 0 aliphatic rings. The van der Waals surface area contributed by atoms with Gasteiger partial charge in [-0.25, -0.2) is 0 Å². The lowest BCUT2D eigenvalue weighted by Gasteiger charge is -1.93. The molecule has 1 aromatic heterocycles. The number of aromatic amines is 1. The van der Waals surface area contributed by atoms with E-state index in [0.29, 0.717) is 6.61 Å². The molecule has 0 fully saturated rings. The van der Waals surface area contributed by atoms with Gasteiger partial charge in [0.05, 0.1) is 13.2 Å². The zero-order valence-corrected chi connectivity index (χ0v) is 12.2. The number of nitrogens with two attached hydrogens (primary N) is 1. The number of carbonyl (C=O) groups is 1. The van der Waals surface area contributed by atoms with E-state index in [1.165, 1.54) is 16.5 Å². The van der Waals surface area contributed by atoms with Gasteiger partial charge in [-0.05, 0) is 25.5 Å². The summed E-state index contributed by atoms with van der Waals surface area (Å²) in [7, 11) is 0. The lowest BCUT2D eigenvalue weighted by molar-refractivity contribution is -0.141. The van der Waals surface area contributed by atoms with E-state index in [-0.39, 0.29) is 12.5 Å². The van der Waals surface area contributed by atoms with Gasteiger partial charge in [-0.2, -0.15) is 0 Å². The fraction of sp³-hybridized carbons (Fsp3) is 0.400. The minimum absolute atomic E-state index is 0.0200. The molecule has 0 unspecified atom stereocenters. The summed E-state index contributed by atoms with van der Waals surface area (Å²) in [6.45, 7) is 8.25. The molecule has 4 nitrogen and oxygen atoms in total. The number of rotatable bonds is 2. The lowest BCUT2D eigenvalue weighted by Crippen LogP contribution is -2.16. The highest BCUT2D eigenvalue weighted by atomic mass is 16.5. The second-order valence-corrected chi connectivity index (χ2v) is 3.53. The molecule has 0 saturated heterocycles. The van der Waals surface area contributed by atoms with E-state index in [2.05, 4.69) is 34.8 Å². The average molecular weight is 264 g/mol. The van der Waals surface area contributed by atoms with Crippen molar-refractivity contribution in [2.75, 3.05) is 13.2 Å². The quantitative estimate of drug-likeness (QED) is 0.819. The number of carbonyl (C=O) groups excluding carboxylic acids is 1. The number of nitrogens with one attached hydrogen (secondary N) is 1. The Bertz CT molecular complexity index is 478. The van der Waals surface area contributed by atoms with Crippen molar-refractivity contribution >= 4 is 16.9 Å². The predicted octanol–water partition coefficient (Wildman–Crippen LogP) is 3.01. The third-order valence-corrected chi connectivity index (χ3v) is 2.27. The fourth-order valence-electron chi connectivity index (χ4n) is 1.44. The molecule has 0 radical (unpaired) electrons. The Hall–Kier alpha value is -1.81. The molecule has 1 heterocycles. The van der Waals surface area contributed by atoms with Crippen molar-refractivity contribution in [3.63, 3.8) is 0 Å². The van der Waals surface area contributed by atoms with Crippen molar-refractivity contribution in [2.24, 2.45) is 5.73 Å². The van der Waals surface area contributed by atoms with Gasteiger partial charge in [-0.15, -0.1) is 0 Å². The largest absolute Gasteiger partial charge is 0.465 e. The van der Waals surface area contributed by atoms with Crippen molar-refractivity contribution in [3.8, 4) is 0 Å². The van der Waals surface area contributed by atoms with Crippen LogP contribution in [0.5, 0.6) is 0 Å². The molecular formula is C15H24N2O2. The summed E-state index contributed by atoms with van der Waals surface area (Å²) < 4.78 is 4.43. The van der Waals surface area contributed by atoms with Crippen LogP contribution in [0.15, 0.2) is 30.5 Å². The van der Waals surface area contributed by atoms with Gasteiger partial charge >= 0.3 is 5.97 Å². The fourth-order valence-corrected chi connectivity index (χ4v) is 1.44. The predicted molar refractivity (Wildman–Crippen MR) is 80.1 cm³/mol. The zero-order chi connectivity index (χ0) is 14.7. The van der Waals surface area contributed by atoms with Crippen LogP contribution in [0.25, 0.3) is 10.9 Å². The monoisotopic (exact) mass is 264 g/mol. The lowest BCUT2D eigenvalue weighted by atomic mass is 10.2. The van der Waals surface area contributed by atoms with Crippen LogP contribution in [0.3, 0.4) is 0 Å². The summed E-state index contributed by atoms with van der Waals surface area (Å²) in [5, 5.41) is 1.32. The minimum atomic E-state index is -0.345. The van der Waals surface area contributed by atoms with Crippen LogP contribution in [-0.4, -0.2) is 24.1 Å². The number of para-hydroxylation sites is 1. The van der Waals surface area contributed by atoms with Crippen LogP contribution < -0.4 is 5.73 Å². The highest BCUT2D eigenvalue weighted by Gasteiger charge is 1.94. The van der Waals surface area contributed by atoms with Crippen molar-refractivity contribution in [1.82, 2.24) is 4.98 Å². The topological polar surface area (TPSA) is 68.1 Å². The molecule has 0 atom stereocenters. The maximum Gasteiger partial charge on any atom is 0.319 e. The summed E-state index contributed by atoms with van der Waals surface area (Å²) in [5.74, 6) is -0.345. The standard InChI is InChI=1S/C9H9N.C4H9NO2.C2H6/c1-7-6-10-9-5-3-2-4-8(7)9;1-2-7-4(6)3-5;1-2/h2-6,10H,1H3;2-3,5H2,1H3;1-2H3. The van der Waals surface area contributed by atoms with Gasteiger partial charge in [-0.3, -0.25) is 4.79 Å². The number of hydrogen-bond donors (Lipinski definition) is 2. The molecule has 0 saturated carbocycles. The highest BCUT2D eigenvalue weighted by molar-refractivity contribution is 5.82. The normalized spacial score (nSPS) is 8.89. The molecule has 19 heavy (non-hydrogen) atoms. The van der Waals surface area contributed by atoms with Crippen LogP contribution in [0.1, 0.15) is 26.3 Å². The van der Waals surface area contributed by atoms with Crippen molar-refractivity contribution in [1.29, 1.82) is 0 Å². The first-order valence-electron chi connectivity index (χ1n) is 6.57. The first-order valence-corrected chi connectivity index (χ1v) is 6.57. The van der Waals surface area contributed by atoms with Gasteiger partial charge < -0.3 is 15.5 Å². The molecular weight excluding hydrogens is 240 g/mol. The second-order valence-electron chi connectivity index (χ2n) is 3.53. The molecule has 106 valence electrons. The SMILES string of the molecule is CC.CCOC(=O)CN.Cc1c[nH]c2ccccc12. The first kappa shape index (κ1) is 17.2. The van der Waals surface area contributed by atoms with Crippen molar-refractivity contribution in [3.05, 3.63) is 36.0 Å². The molecule has 1 aromatic carbocycles. The summed E-state index contributed by atoms with van der Waals surface area (Å²) in [5.41, 5.74) is 7.42. The van der Waals surface area contributed by atoms with Crippen LogP contribution in [-0.2, 0) is 9.53 Å². The Morgan fingerprint density at radius 2 is 1.95 bits per heavy atom. The zero-order valence-electron chi connectivity index (χ0n) is 12.2. The number of ether oxygens (including phenoxy) is 1. The van der Waals surface area contributed by atoms with Gasteiger partial charge in [0.2, 0.25) is 0 Å². The number of aromatic nitrogens is 1. The van der Waals surface area contributed by atoms with Crippen LogP contribution in [0, 0.1) is 6.92 Å². The summed E-state index contributed by atoms with van der Waals surface area (Å²) in [6, 6.07) is 8.31. The molecule has 2 aromatic rings. The van der Waals surface area contributed by atoms with Crippen LogP contribution in [0.4, 0.5) is 0 Å². The third kappa shape index (κ3) is 6.06. The summed E-state index contributed by atoms with van der Waals surface area (Å²) >= 11 is 0. The molecule has 0 spiro atoms. The second kappa shape index (κ2) is 10.1. The van der Waals surface area contributed by atoms with E-state index in [4.69, 9.17) is 5.73 Å². The first-order chi connectivity index (χ1) is 9.19. The van der Waals surface area contributed by atoms with Crippen LogP contribution >= 0.6 is 0 Å². The molecule has 0 bridgehead atoms. The van der Waals surface area contributed by atoms with Gasteiger partial charge in [0.1, 0.15) is 0 Å². The Morgan fingerprint density at radius 1 is 1.32 bits per heavy atom. The van der Waals surface area contributed by atoms with E-state index < -0.39 is 0 Å². The Labute approximate surface area is 115 Å². The van der Waals surface area contributed by atoms with Crippen LogP contribution in [0.2, 0.25) is 0 Å². The Balaban J connectivity index is 0.000000321. The highest BCUT2D eigenvalue weighted by Crippen LogP contribution is 2.15. The molecule has 3 N–H and O–H groups in total. The van der Waals surface area contributed by atoms with Crippen molar-refractivity contribution in [2.45, 2.75) is 27.7 Å². The summed E-state index contributed by atoms with van der Waals surface area (Å²) in [4.78, 5) is 13.3. The van der Waals surface area contributed by atoms with Gasteiger partial charge in [0.15, 0.2) is 0 Å². The molecule has 0 aliphatic heterocycles. The maximum atomic E-state index is 10.1. The number of aryl methyl sites for hydroxylation is 1. The van der Waals surface area contributed by atoms with Crippen molar-refractivity contribution < 1.29 is 9.53 Å². The number of hydrogen-bond acceptors (Lipinski definition) is 3. The molecule has 0 aliphatic carbocycles. The Morgan fingerprint density at radius 3 is 2.42 bits per heavy atom. The van der Waals surface area contributed by atoms with Gasteiger partial charge in [-0.1, -0.05) is 32.0 Å². The number of esters is 1. The van der Waals surface area contributed by atoms with E-state index >= 15 is 0 Å². The number of H-pyrrole nitrogens is 1. The Kier molecular flexibility index (Phi) is 9.18. The van der Waals surface area contributed by atoms with Gasteiger partial charge in [0, 0.05) is 17.1 Å². The smallest absolute Gasteiger partial charge is 0.319 e. The van der Waals surface area contributed by atoms with Gasteiger partial charge in [0.25, 0.3) is 0 Å². The molecule has 4 heteroatoms. The maximum absolute atomic E-state index is 10.1.